The summed E-state index contributed by atoms with van der Waals surface area (Å²) in [5.41, 5.74) is 1.86. The number of hydrogen-bond donors (Lipinski definition) is 1. The van der Waals surface area contributed by atoms with Gasteiger partial charge in [-0.15, -0.1) is 0 Å². The number of rotatable bonds is 1. The Hall–Kier alpha value is -0.540. The summed E-state index contributed by atoms with van der Waals surface area (Å²) in [6.07, 6.45) is 2.13. The lowest BCUT2D eigenvalue weighted by molar-refractivity contribution is 0.273. The lowest BCUT2D eigenvalue weighted by atomic mass is 9.97. The van der Waals surface area contributed by atoms with Gasteiger partial charge in [-0.1, -0.05) is 6.92 Å². The van der Waals surface area contributed by atoms with Crippen LogP contribution in [0.15, 0.2) is 0 Å². The van der Waals surface area contributed by atoms with E-state index in [2.05, 4.69) is 11.9 Å². The van der Waals surface area contributed by atoms with Gasteiger partial charge in [0, 0.05) is 12.2 Å². The number of aromatic nitrogens is 2. The van der Waals surface area contributed by atoms with Crippen molar-refractivity contribution in [3.63, 3.8) is 0 Å². The molecule has 0 saturated heterocycles. The summed E-state index contributed by atoms with van der Waals surface area (Å²) < 4.78 is 2.01. The fourth-order valence-corrected chi connectivity index (χ4v) is 2.16. The molecule has 1 N–H and O–H groups in total. The van der Waals surface area contributed by atoms with E-state index in [9.17, 15) is 0 Å². The minimum Gasteiger partial charge on any atom is -0.390 e. The van der Waals surface area contributed by atoms with Crippen molar-refractivity contribution in [2.45, 2.75) is 32.9 Å². The van der Waals surface area contributed by atoms with E-state index >= 15 is 0 Å². The van der Waals surface area contributed by atoms with Crippen molar-refractivity contribution >= 4 is 11.6 Å². The molecule has 0 aromatic carbocycles. The van der Waals surface area contributed by atoms with Crippen LogP contribution in [0.1, 0.15) is 24.7 Å². The Morgan fingerprint density at radius 3 is 3.15 bits per heavy atom. The SMILES string of the molecule is CC1CCn2c(Cl)nc(CO)c2C1. The average molecular weight is 201 g/mol. The molecule has 0 saturated carbocycles. The second-order valence-electron chi connectivity index (χ2n) is 3.68. The third kappa shape index (κ3) is 1.46. The Bertz CT molecular complexity index is 322. The predicted octanol–water partition coefficient (Wildman–Crippen LogP) is 1.61. The summed E-state index contributed by atoms with van der Waals surface area (Å²) in [5, 5.41) is 9.58. The van der Waals surface area contributed by atoms with Crippen molar-refractivity contribution in [3.8, 4) is 0 Å². The van der Waals surface area contributed by atoms with Gasteiger partial charge < -0.3 is 9.67 Å². The summed E-state index contributed by atoms with van der Waals surface area (Å²) >= 11 is 5.93. The van der Waals surface area contributed by atoms with E-state index in [4.69, 9.17) is 16.7 Å². The molecule has 0 radical (unpaired) electrons. The van der Waals surface area contributed by atoms with E-state index in [-0.39, 0.29) is 6.61 Å². The summed E-state index contributed by atoms with van der Waals surface area (Å²) in [6, 6.07) is 0. The Balaban J connectivity index is 2.43. The van der Waals surface area contributed by atoms with Crippen LogP contribution in [-0.4, -0.2) is 14.7 Å². The summed E-state index contributed by atoms with van der Waals surface area (Å²) in [4.78, 5) is 4.12. The molecule has 13 heavy (non-hydrogen) atoms. The number of imidazole rings is 1. The van der Waals surface area contributed by atoms with E-state index < -0.39 is 0 Å². The van der Waals surface area contributed by atoms with E-state index in [1.165, 1.54) is 0 Å². The Kier molecular flexibility index (Phi) is 2.30. The van der Waals surface area contributed by atoms with Crippen molar-refractivity contribution < 1.29 is 5.11 Å². The van der Waals surface area contributed by atoms with Crippen molar-refractivity contribution in [3.05, 3.63) is 16.7 Å². The molecule has 2 rings (SSSR count). The maximum absolute atomic E-state index is 9.06. The maximum atomic E-state index is 9.06. The number of hydrogen-bond acceptors (Lipinski definition) is 2. The van der Waals surface area contributed by atoms with Crippen LogP contribution in [0.5, 0.6) is 0 Å². The lowest BCUT2D eigenvalue weighted by Gasteiger charge is -2.21. The number of aliphatic hydroxyl groups is 1. The number of halogens is 1. The molecule has 1 unspecified atom stereocenters. The number of aliphatic hydroxyl groups excluding tert-OH is 1. The smallest absolute Gasteiger partial charge is 0.203 e. The molecule has 1 atom stereocenters. The normalized spacial score (nSPS) is 21.6. The fraction of sp³-hybridized carbons (Fsp3) is 0.667. The first kappa shape index (κ1) is 9.03. The molecule has 0 aliphatic carbocycles. The molecule has 0 fully saturated rings. The van der Waals surface area contributed by atoms with Crippen molar-refractivity contribution in [2.75, 3.05) is 0 Å². The zero-order valence-corrected chi connectivity index (χ0v) is 8.38. The average Bonchev–Trinajstić information content (AvgIpc) is 2.42. The highest BCUT2D eigenvalue weighted by Gasteiger charge is 2.21. The van der Waals surface area contributed by atoms with Crippen LogP contribution in [0.4, 0.5) is 0 Å². The molecule has 3 nitrogen and oxygen atoms in total. The maximum Gasteiger partial charge on any atom is 0.203 e. The molecular formula is C9H13ClN2O. The molecule has 1 aromatic rings. The standard InChI is InChI=1S/C9H13ClN2O/c1-6-2-3-12-8(4-6)7(5-13)11-9(12)10/h6,13H,2-5H2,1H3. The van der Waals surface area contributed by atoms with Gasteiger partial charge >= 0.3 is 0 Å². The molecule has 72 valence electrons. The fourth-order valence-electron chi connectivity index (χ4n) is 1.87. The summed E-state index contributed by atoms with van der Waals surface area (Å²) in [5.74, 6) is 0.672. The van der Waals surface area contributed by atoms with Crippen LogP contribution in [0.25, 0.3) is 0 Å². The van der Waals surface area contributed by atoms with Crippen molar-refractivity contribution in [1.29, 1.82) is 0 Å². The van der Waals surface area contributed by atoms with E-state index in [1.807, 2.05) is 4.57 Å². The second kappa shape index (κ2) is 3.31. The van der Waals surface area contributed by atoms with Gasteiger partial charge in [0.15, 0.2) is 0 Å². The van der Waals surface area contributed by atoms with Crippen molar-refractivity contribution in [1.82, 2.24) is 9.55 Å². The predicted molar refractivity (Wildman–Crippen MR) is 50.6 cm³/mol. The third-order valence-electron chi connectivity index (χ3n) is 2.65. The van der Waals surface area contributed by atoms with Gasteiger partial charge in [-0.3, -0.25) is 0 Å². The summed E-state index contributed by atoms with van der Waals surface area (Å²) in [6.45, 7) is 3.14. The van der Waals surface area contributed by atoms with E-state index in [1.54, 1.807) is 0 Å². The first-order valence-corrected chi connectivity index (χ1v) is 4.94. The molecule has 0 bridgehead atoms. The van der Waals surface area contributed by atoms with Crippen LogP contribution < -0.4 is 0 Å². The molecule has 1 aliphatic heterocycles. The molecule has 4 heteroatoms. The zero-order valence-electron chi connectivity index (χ0n) is 7.63. The highest BCUT2D eigenvalue weighted by atomic mass is 35.5. The van der Waals surface area contributed by atoms with Gasteiger partial charge in [0.2, 0.25) is 5.28 Å². The molecule has 1 aromatic heterocycles. The van der Waals surface area contributed by atoms with Gasteiger partial charge in [-0.05, 0) is 30.4 Å². The van der Waals surface area contributed by atoms with Crippen LogP contribution in [0.2, 0.25) is 5.28 Å². The molecule has 2 heterocycles. The first-order chi connectivity index (χ1) is 6.22. The summed E-state index contributed by atoms with van der Waals surface area (Å²) in [7, 11) is 0. The topological polar surface area (TPSA) is 38.0 Å². The van der Waals surface area contributed by atoms with E-state index in [0.717, 1.165) is 30.8 Å². The monoisotopic (exact) mass is 200 g/mol. The highest BCUT2D eigenvalue weighted by Crippen LogP contribution is 2.26. The van der Waals surface area contributed by atoms with Gasteiger partial charge in [-0.25, -0.2) is 4.98 Å². The minimum absolute atomic E-state index is 0.00519. The van der Waals surface area contributed by atoms with Crippen LogP contribution in [0.3, 0.4) is 0 Å². The zero-order chi connectivity index (χ0) is 9.42. The lowest BCUT2D eigenvalue weighted by Crippen LogP contribution is -2.17. The molecule has 0 spiro atoms. The Morgan fingerprint density at radius 2 is 2.46 bits per heavy atom. The van der Waals surface area contributed by atoms with Gasteiger partial charge in [-0.2, -0.15) is 0 Å². The number of fused-ring (bicyclic) bond motifs is 1. The second-order valence-corrected chi connectivity index (χ2v) is 4.02. The van der Waals surface area contributed by atoms with Crippen molar-refractivity contribution in [2.24, 2.45) is 5.92 Å². The van der Waals surface area contributed by atoms with Gasteiger partial charge in [0.1, 0.15) is 0 Å². The molecule has 1 aliphatic rings. The van der Waals surface area contributed by atoms with Crippen LogP contribution in [0, 0.1) is 5.92 Å². The van der Waals surface area contributed by atoms with Gasteiger partial charge in [0.05, 0.1) is 12.3 Å². The Labute approximate surface area is 82.4 Å². The quantitative estimate of drug-likeness (QED) is 0.748. The molecule has 0 amide bonds. The largest absolute Gasteiger partial charge is 0.390 e. The van der Waals surface area contributed by atoms with Crippen LogP contribution in [-0.2, 0) is 19.6 Å². The highest BCUT2D eigenvalue weighted by molar-refractivity contribution is 6.28. The van der Waals surface area contributed by atoms with Crippen LogP contribution >= 0.6 is 11.6 Å². The first-order valence-electron chi connectivity index (χ1n) is 4.57. The van der Waals surface area contributed by atoms with E-state index in [0.29, 0.717) is 11.2 Å². The third-order valence-corrected chi connectivity index (χ3v) is 2.93. The minimum atomic E-state index is -0.00519. The molecular weight excluding hydrogens is 188 g/mol. The Morgan fingerprint density at radius 1 is 1.69 bits per heavy atom. The van der Waals surface area contributed by atoms with Gasteiger partial charge in [0.25, 0.3) is 0 Å². The number of nitrogens with zero attached hydrogens (tertiary/aromatic N) is 2.